The first-order valence-electron chi connectivity index (χ1n) is 6.66. The molecule has 0 saturated heterocycles. The molecule has 0 radical (unpaired) electrons. The van der Waals surface area contributed by atoms with Crippen LogP contribution >= 0.6 is 35.0 Å². The summed E-state index contributed by atoms with van der Waals surface area (Å²) < 4.78 is 0. The zero-order chi connectivity index (χ0) is 15.9. The monoisotopic (exact) mass is 355 g/mol. The van der Waals surface area contributed by atoms with Gasteiger partial charge in [-0.3, -0.25) is 4.79 Å². The lowest BCUT2D eigenvalue weighted by molar-refractivity contribution is 0.0956. The van der Waals surface area contributed by atoms with Crippen LogP contribution in [0.5, 0.6) is 5.75 Å². The number of aromatic hydroxyl groups is 1. The van der Waals surface area contributed by atoms with Crippen molar-refractivity contribution < 1.29 is 9.90 Å². The molecule has 2 aromatic carbocycles. The molecule has 3 nitrogen and oxygen atoms in total. The van der Waals surface area contributed by atoms with Crippen molar-refractivity contribution in [3.05, 3.63) is 63.6 Å². The molecule has 0 aliphatic carbocycles. The highest BCUT2D eigenvalue weighted by Crippen LogP contribution is 2.24. The Morgan fingerprint density at radius 3 is 2.36 bits per heavy atom. The molecule has 22 heavy (non-hydrogen) atoms. The first-order valence-corrected chi connectivity index (χ1v) is 8.57. The van der Waals surface area contributed by atoms with E-state index in [9.17, 15) is 9.90 Å². The highest BCUT2D eigenvalue weighted by molar-refractivity contribution is 7.98. The molecule has 1 amide bonds. The third kappa shape index (κ3) is 4.83. The van der Waals surface area contributed by atoms with Crippen molar-refractivity contribution in [2.45, 2.75) is 5.75 Å². The minimum atomic E-state index is -0.263. The lowest BCUT2D eigenvalue weighted by Crippen LogP contribution is -2.26. The van der Waals surface area contributed by atoms with Crippen LogP contribution in [0.25, 0.3) is 0 Å². The zero-order valence-corrected chi connectivity index (χ0v) is 14.0. The smallest absolute Gasteiger partial charge is 0.254 e. The lowest BCUT2D eigenvalue weighted by Gasteiger charge is -2.08. The number of phenolic OH excluding ortho intramolecular Hbond substituents is 1. The minimum absolute atomic E-state index is 0.262. The number of hydrogen-bond donors (Lipinski definition) is 2. The van der Waals surface area contributed by atoms with E-state index in [1.165, 1.54) is 0 Å². The summed E-state index contributed by atoms with van der Waals surface area (Å²) in [5.74, 6) is 1.59. The van der Waals surface area contributed by atoms with Crippen molar-refractivity contribution in [2.24, 2.45) is 0 Å². The first kappa shape index (κ1) is 17.0. The summed E-state index contributed by atoms with van der Waals surface area (Å²) in [5.41, 5.74) is 1.44. The standard InChI is InChI=1S/C16H15Cl2NO2S/c17-13-2-1-3-14(18)15(13)16(21)19-8-9-22-10-11-4-6-12(20)7-5-11/h1-7,20H,8-10H2,(H,19,21). The van der Waals surface area contributed by atoms with Gasteiger partial charge in [0.1, 0.15) is 5.75 Å². The Bertz CT molecular complexity index is 627. The molecule has 2 N–H and O–H groups in total. The molecule has 0 heterocycles. The maximum atomic E-state index is 12.0. The van der Waals surface area contributed by atoms with E-state index >= 15 is 0 Å². The Morgan fingerprint density at radius 2 is 1.73 bits per heavy atom. The van der Waals surface area contributed by atoms with Gasteiger partial charge in [0.15, 0.2) is 0 Å². The lowest BCUT2D eigenvalue weighted by atomic mass is 10.2. The molecule has 0 aromatic heterocycles. The van der Waals surface area contributed by atoms with Gasteiger partial charge in [0.2, 0.25) is 0 Å². The summed E-state index contributed by atoms with van der Waals surface area (Å²) in [6.45, 7) is 0.531. The van der Waals surface area contributed by atoms with E-state index < -0.39 is 0 Å². The van der Waals surface area contributed by atoms with Gasteiger partial charge in [-0.2, -0.15) is 11.8 Å². The Kier molecular flexibility index (Phi) is 6.43. The predicted octanol–water partition coefficient (Wildman–Crippen LogP) is 4.36. The summed E-state index contributed by atoms with van der Waals surface area (Å²) in [6, 6.07) is 12.1. The quantitative estimate of drug-likeness (QED) is 0.756. The van der Waals surface area contributed by atoms with Crippen LogP contribution in [0.2, 0.25) is 10.0 Å². The summed E-state index contributed by atoms with van der Waals surface area (Å²) in [4.78, 5) is 12.0. The average Bonchev–Trinajstić information content (AvgIpc) is 2.48. The number of nitrogens with one attached hydrogen (secondary N) is 1. The van der Waals surface area contributed by atoms with Gasteiger partial charge in [0.25, 0.3) is 5.91 Å². The average molecular weight is 356 g/mol. The molecule has 0 spiro atoms. The molecule has 0 saturated carbocycles. The zero-order valence-electron chi connectivity index (χ0n) is 11.7. The number of halogens is 2. The molecule has 0 bridgehead atoms. The van der Waals surface area contributed by atoms with Gasteiger partial charge in [0.05, 0.1) is 15.6 Å². The minimum Gasteiger partial charge on any atom is -0.508 e. The van der Waals surface area contributed by atoms with Gasteiger partial charge in [-0.05, 0) is 29.8 Å². The number of amides is 1. The molecular formula is C16H15Cl2NO2S. The third-order valence-corrected chi connectivity index (χ3v) is 4.59. The predicted molar refractivity (Wildman–Crippen MR) is 93.1 cm³/mol. The Labute approximate surface area is 143 Å². The molecule has 116 valence electrons. The van der Waals surface area contributed by atoms with Gasteiger partial charge < -0.3 is 10.4 Å². The second-order valence-electron chi connectivity index (χ2n) is 4.57. The maximum Gasteiger partial charge on any atom is 0.254 e. The molecule has 0 unspecified atom stereocenters. The molecule has 2 aromatic rings. The number of carbonyl (C=O) groups excluding carboxylic acids is 1. The van der Waals surface area contributed by atoms with Crippen LogP contribution in [0.3, 0.4) is 0 Å². The maximum absolute atomic E-state index is 12.0. The Balaban J connectivity index is 1.74. The van der Waals surface area contributed by atoms with Crippen LogP contribution in [-0.2, 0) is 5.75 Å². The van der Waals surface area contributed by atoms with E-state index in [1.807, 2.05) is 12.1 Å². The van der Waals surface area contributed by atoms with Crippen LogP contribution in [-0.4, -0.2) is 23.3 Å². The third-order valence-electron chi connectivity index (χ3n) is 2.93. The van der Waals surface area contributed by atoms with Crippen LogP contribution in [0.15, 0.2) is 42.5 Å². The SMILES string of the molecule is O=C(NCCSCc1ccc(O)cc1)c1c(Cl)cccc1Cl. The first-order chi connectivity index (χ1) is 10.6. The van der Waals surface area contributed by atoms with E-state index in [0.717, 1.165) is 17.1 Å². The largest absolute Gasteiger partial charge is 0.508 e. The Morgan fingerprint density at radius 1 is 1.09 bits per heavy atom. The van der Waals surface area contributed by atoms with Crippen molar-refractivity contribution in [1.29, 1.82) is 0 Å². The number of hydrogen-bond acceptors (Lipinski definition) is 3. The van der Waals surface area contributed by atoms with Crippen molar-refractivity contribution in [1.82, 2.24) is 5.32 Å². The molecule has 0 aliphatic rings. The van der Waals surface area contributed by atoms with Crippen LogP contribution in [0.4, 0.5) is 0 Å². The Hall–Kier alpha value is -1.36. The highest BCUT2D eigenvalue weighted by Gasteiger charge is 2.13. The number of phenols is 1. The molecule has 6 heteroatoms. The van der Waals surface area contributed by atoms with E-state index in [2.05, 4.69) is 5.32 Å². The fourth-order valence-electron chi connectivity index (χ4n) is 1.82. The van der Waals surface area contributed by atoms with Crippen molar-refractivity contribution in [2.75, 3.05) is 12.3 Å². The van der Waals surface area contributed by atoms with Crippen molar-refractivity contribution >= 4 is 40.9 Å². The van der Waals surface area contributed by atoms with Gasteiger partial charge >= 0.3 is 0 Å². The summed E-state index contributed by atoms with van der Waals surface area (Å²) in [6.07, 6.45) is 0. The highest BCUT2D eigenvalue weighted by atomic mass is 35.5. The molecule has 2 rings (SSSR count). The summed E-state index contributed by atoms with van der Waals surface area (Å²) in [7, 11) is 0. The summed E-state index contributed by atoms with van der Waals surface area (Å²) >= 11 is 13.7. The second kappa shape index (κ2) is 8.32. The van der Waals surface area contributed by atoms with Gasteiger partial charge in [-0.1, -0.05) is 41.4 Å². The van der Waals surface area contributed by atoms with Crippen LogP contribution < -0.4 is 5.32 Å². The fraction of sp³-hybridized carbons (Fsp3) is 0.188. The van der Waals surface area contributed by atoms with Crippen LogP contribution in [0, 0.1) is 0 Å². The van der Waals surface area contributed by atoms with Gasteiger partial charge in [-0.25, -0.2) is 0 Å². The number of rotatable bonds is 6. The molecule has 0 atom stereocenters. The number of carbonyl (C=O) groups is 1. The van der Waals surface area contributed by atoms with Crippen molar-refractivity contribution in [3.8, 4) is 5.75 Å². The van der Waals surface area contributed by atoms with E-state index in [1.54, 1.807) is 42.1 Å². The number of thioether (sulfide) groups is 1. The fourth-order valence-corrected chi connectivity index (χ4v) is 3.21. The molecular weight excluding hydrogens is 341 g/mol. The molecule has 0 aliphatic heterocycles. The van der Waals surface area contributed by atoms with Crippen molar-refractivity contribution in [3.63, 3.8) is 0 Å². The van der Waals surface area contributed by atoms with Gasteiger partial charge in [0, 0.05) is 18.1 Å². The van der Waals surface area contributed by atoms with Crippen LogP contribution in [0.1, 0.15) is 15.9 Å². The van der Waals surface area contributed by atoms with Gasteiger partial charge in [-0.15, -0.1) is 0 Å². The summed E-state index contributed by atoms with van der Waals surface area (Å²) in [5, 5.41) is 12.7. The number of benzene rings is 2. The molecule has 0 fully saturated rings. The van der Waals surface area contributed by atoms with E-state index in [0.29, 0.717) is 22.2 Å². The second-order valence-corrected chi connectivity index (χ2v) is 6.49. The normalized spacial score (nSPS) is 10.5. The van der Waals surface area contributed by atoms with E-state index in [-0.39, 0.29) is 11.7 Å². The van der Waals surface area contributed by atoms with E-state index in [4.69, 9.17) is 23.2 Å². The topological polar surface area (TPSA) is 49.3 Å².